The van der Waals surface area contributed by atoms with Gasteiger partial charge in [0.15, 0.2) is 0 Å². The molecule has 0 saturated heterocycles. The molecule has 4 nitrogen and oxygen atoms in total. The first kappa shape index (κ1) is 44.7. The zero-order chi connectivity index (χ0) is 47.4. The number of rotatable bonds is 10. The van der Waals surface area contributed by atoms with Crippen LogP contribution >= 0.6 is 0 Å². The highest BCUT2D eigenvalue weighted by Crippen LogP contribution is 2.58. The SMILES string of the molecule is [C-]#[N+]c1c(N(c2ccc(-c3ccccc3)cc2)c2ccc(-c3ccccc3)cc2)c(N(c2ccc(-c3ccccc3)cc2)c2ccc(-c3ccccc3)cc2)c(C#N)c(C(C)(C)C)c1C(C)(C)C. The third-order valence-electron chi connectivity index (χ3n) is 12.5. The van der Waals surface area contributed by atoms with Crippen molar-refractivity contribution in [3.8, 4) is 50.6 Å². The van der Waals surface area contributed by atoms with E-state index in [4.69, 9.17) is 0 Å². The molecule has 4 heteroatoms. The predicted molar refractivity (Wildman–Crippen MR) is 286 cm³/mol. The van der Waals surface area contributed by atoms with Crippen LogP contribution in [-0.4, -0.2) is 0 Å². The molecule has 330 valence electrons. The summed E-state index contributed by atoms with van der Waals surface area (Å²) in [5.41, 5.74) is 15.1. The van der Waals surface area contributed by atoms with Crippen molar-refractivity contribution < 1.29 is 0 Å². The predicted octanol–water partition coefficient (Wildman–Crippen LogP) is 18.3. The van der Waals surface area contributed by atoms with Crippen LogP contribution < -0.4 is 9.80 Å². The smallest absolute Gasteiger partial charge is 0.216 e. The van der Waals surface area contributed by atoms with Gasteiger partial charge in [-0.05, 0) is 115 Å². The molecule has 68 heavy (non-hydrogen) atoms. The summed E-state index contributed by atoms with van der Waals surface area (Å²) in [6.45, 7) is 22.3. The number of hydrogen-bond acceptors (Lipinski definition) is 3. The van der Waals surface area contributed by atoms with E-state index >= 15 is 0 Å². The first-order valence-corrected chi connectivity index (χ1v) is 23.2. The van der Waals surface area contributed by atoms with E-state index in [0.29, 0.717) is 22.6 Å². The largest absolute Gasteiger partial charge is 0.318 e. The number of benzene rings is 9. The van der Waals surface area contributed by atoms with E-state index in [0.717, 1.165) is 78.4 Å². The quantitative estimate of drug-likeness (QED) is 0.128. The molecule has 9 aromatic carbocycles. The van der Waals surface area contributed by atoms with Crippen molar-refractivity contribution in [2.24, 2.45) is 0 Å². The number of nitriles is 1. The zero-order valence-corrected chi connectivity index (χ0v) is 39.6. The molecule has 0 N–H and O–H groups in total. The highest BCUT2D eigenvalue weighted by Gasteiger charge is 2.39. The van der Waals surface area contributed by atoms with Gasteiger partial charge >= 0.3 is 0 Å². The van der Waals surface area contributed by atoms with Gasteiger partial charge in [0.25, 0.3) is 0 Å². The lowest BCUT2D eigenvalue weighted by Gasteiger charge is -2.40. The molecule has 0 spiro atoms. The Kier molecular flexibility index (Phi) is 12.4. The zero-order valence-electron chi connectivity index (χ0n) is 39.6. The van der Waals surface area contributed by atoms with Gasteiger partial charge in [-0.25, -0.2) is 4.85 Å². The fourth-order valence-corrected chi connectivity index (χ4v) is 9.39. The highest BCUT2D eigenvalue weighted by atomic mass is 15.2. The number of hydrogen-bond donors (Lipinski definition) is 0. The Morgan fingerprint density at radius 2 is 0.603 bits per heavy atom. The van der Waals surface area contributed by atoms with Crippen LogP contribution in [0.3, 0.4) is 0 Å². The maximum Gasteiger partial charge on any atom is 0.216 e. The third-order valence-corrected chi connectivity index (χ3v) is 12.5. The number of nitrogens with zero attached hydrogens (tertiary/aromatic N) is 4. The molecule has 0 fully saturated rings. The van der Waals surface area contributed by atoms with Crippen molar-refractivity contribution in [2.75, 3.05) is 9.80 Å². The minimum absolute atomic E-state index is 0.502. The normalized spacial score (nSPS) is 11.4. The molecule has 0 atom stereocenters. The minimum Gasteiger partial charge on any atom is -0.318 e. The molecule has 0 radical (unpaired) electrons. The maximum atomic E-state index is 11.9. The Bertz CT molecular complexity index is 2850. The summed E-state index contributed by atoms with van der Waals surface area (Å²) in [4.78, 5) is 9.01. The van der Waals surface area contributed by atoms with Crippen LogP contribution in [0.2, 0.25) is 0 Å². The lowest BCUT2D eigenvalue weighted by Crippen LogP contribution is -2.27. The first-order chi connectivity index (χ1) is 32.9. The van der Waals surface area contributed by atoms with Crippen LogP contribution in [0.15, 0.2) is 218 Å². The van der Waals surface area contributed by atoms with Crippen LogP contribution in [0.25, 0.3) is 49.4 Å². The Morgan fingerprint density at radius 3 is 0.838 bits per heavy atom. The molecule has 0 aliphatic heterocycles. The summed E-state index contributed by atoms with van der Waals surface area (Å²) in [7, 11) is 0. The molecular formula is C64H54N4. The lowest BCUT2D eigenvalue weighted by atomic mass is 9.71. The summed E-state index contributed by atoms with van der Waals surface area (Å²) in [5.74, 6) is 0. The molecule has 0 amide bonds. The first-order valence-electron chi connectivity index (χ1n) is 23.2. The highest BCUT2D eigenvalue weighted by molar-refractivity contribution is 6.03. The van der Waals surface area contributed by atoms with E-state index in [1.807, 2.05) is 24.3 Å². The molecule has 0 aliphatic rings. The average molecular weight is 879 g/mol. The molecule has 0 saturated carbocycles. The van der Waals surface area contributed by atoms with E-state index in [1.54, 1.807) is 0 Å². The van der Waals surface area contributed by atoms with Crippen molar-refractivity contribution in [3.63, 3.8) is 0 Å². The number of anilines is 6. The summed E-state index contributed by atoms with van der Waals surface area (Å²) < 4.78 is 0. The van der Waals surface area contributed by atoms with Crippen LogP contribution in [0.1, 0.15) is 58.2 Å². The monoisotopic (exact) mass is 878 g/mol. The minimum atomic E-state index is -0.528. The molecule has 0 bridgehead atoms. The van der Waals surface area contributed by atoms with Crippen LogP contribution in [0.5, 0.6) is 0 Å². The van der Waals surface area contributed by atoms with E-state index in [2.05, 4.69) is 256 Å². The molecule has 0 aliphatic carbocycles. The van der Waals surface area contributed by atoms with Crippen molar-refractivity contribution in [2.45, 2.75) is 52.4 Å². The summed E-state index contributed by atoms with van der Waals surface area (Å²) in [6, 6.07) is 78.6. The summed E-state index contributed by atoms with van der Waals surface area (Å²) in [6.07, 6.45) is 0. The lowest BCUT2D eigenvalue weighted by molar-refractivity contribution is 0.531. The van der Waals surface area contributed by atoms with Gasteiger partial charge < -0.3 is 9.80 Å². The van der Waals surface area contributed by atoms with Gasteiger partial charge in [0.2, 0.25) is 5.69 Å². The Hall–Kier alpha value is -8.44. The topological polar surface area (TPSA) is 34.6 Å². The summed E-state index contributed by atoms with van der Waals surface area (Å²) in [5, 5.41) is 11.9. The van der Waals surface area contributed by atoms with Gasteiger partial charge in [-0.1, -0.05) is 211 Å². The molecule has 0 unspecified atom stereocenters. The second kappa shape index (κ2) is 18.8. The van der Waals surface area contributed by atoms with Crippen LogP contribution in [0.4, 0.5) is 39.8 Å². The van der Waals surface area contributed by atoms with Crippen molar-refractivity contribution in [1.82, 2.24) is 0 Å². The Morgan fingerprint density at radius 1 is 0.353 bits per heavy atom. The van der Waals surface area contributed by atoms with Gasteiger partial charge in [-0.15, -0.1) is 0 Å². The van der Waals surface area contributed by atoms with Gasteiger partial charge in [0.1, 0.15) is 6.07 Å². The van der Waals surface area contributed by atoms with Crippen LogP contribution in [-0.2, 0) is 10.8 Å². The van der Waals surface area contributed by atoms with E-state index in [1.165, 1.54) is 0 Å². The van der Waals surface area contributed by atoms with Crippen molar-refractivity contribution in [1.29, 1.82) is 5.26 Å². The molecular weight excluding hydrogens is 825 g/mol. The van der Waals surface area contributed by atoms with E-state index < -0.39 is 10.8 Å². The molecule has 0 aromatic heterocycles. The third kappa shape index (κ3) is 8.93. The second-order valence-corrected chi connectivity index (χ2v) is 19.2. The summed E-state index contributed by atoms with van der Waals surface area (Å²) >= 11 is 0. The second-order valence-electron chi connectivity index (χ2n) is 19.2. The average Bonchev–Trinajstić information content (AvgIpc) is 3.37. The van der Waals surface area contributed by atoms with Crippen molar-refractivity contribution >= 4 is 39.8 Å². The van der Waals surface area contributed by atoms with Gasteiger partial charge in [-0.2, -0.15) is 5.26 Å². The van der Waals surface area contributed by atoms with Crippen LogP contribution in [0, 0.1) is 17.9 Å². The van der Waals surface area contributed by atoms with Gasteiger partial charge in [0, 0.05) is 22.7 Å². The van der Waals surface area contributed by atoms with Gasteiger partial charge in [-0.3, -0.25) is 0 Å². The Balaban J connectivity index is 1.40. The van der Waals surface area contributed by atoms with E-state index in [9.17, 15) is 11.8 Å². The van der Waals surface area contributed by atoms with Gasteiger partial charge in [0.05, 0.1) is 23.5 Å². The standard InChI is InChI=1S/C64H54N4/c1-63(2,3)58-57(44-65)61(67(53-36-28-49(29-37-53)45-20-12-8-13-21-45)54-38-30-50(31-39-54)46-22-14-9-15-23-46)62(60(66-7)59(58)64(4,5)6)68(55-40-32-51(33-41-55)47-24-16-10-17-25-47)56-42-34-52(35-43-56)48-26-18-11-19-27-48/h8-43H,1-6H3. The fraction of sp³-hybridized carbons (Fsp3) is 0.125. The molecule has 0 heterocycles. The fourth-order valence-electron chi connectivity index (χ4n) is 9.39. The Labute approximate surface area is 402 Å². The van der Waals surface area contributed by atoms with Crippen molar-refractivity contribution in [3.05, 3.63) is 246 Å². The molecule has 9 aromatic rings. The molecule has 9 rings (SSSR count). The van der Waals surface area contributed by atoms with E-state index in [-0.39, 0.29) is 0 Å². The maximum absolute atomic E-state index is 11.9.